The minimum absolute atomic E-state index is 0.400. The van der Waals surface area contributed by atoms with Crippen LogP contribution in [0.4, 0.5) is 0 Å². The topological polar surface area (TPSA) is 43.1 Å². The molecule has 2 heteroatoms. The normalized spacial score (nSPS) is 14.0. The lowest BCUT2D eigenvalue weighted by Gasteiger charge is -1.95. The molecule has 1 unspecified atom stereocenters. The van der Waals surface area contributed by atoms with Crippen LogP contribution >= 0.6 is 0 Å². The van der Waals surface area contributed by atoms with Crippen LogP contribution in [0.15, 0.2) is 6.08 Å². The van der Waals surface area contributed by atoms with E-state index in [2.05, 4.69) is 6.08 Å². The third-order valence-corrected chi connectivity index (χ3v) is 1.15. The molecule has 0 aromatic carbocycles. The molecule has 1 radical (unpaired) electrons. The Labute approximate surface area is 55.7 Å². The van der Waals surface area contributed by atoms with Gasteiger partial charge in [0.25, 0.3) is 0 Å². The molecule has 9 heavy (non-hydrogen) atoms. The lowest BCUT2D eigenvalue weighted by Crippen LogP contribution is -2.06. The Morgan fingerprint density at radius 1 is 1.89 bits per heavy atom. The van der Waals surface area contributed by atoms with Crippen LogP contribution in [-0.4, -0.2) is 5.91 Å². The fourth-order valence-corrected chi connectivity index (χ4v) is 0.342. The van der Waals surface area contributed by atoms with Crippen LogP contribution in [0.1, 0.15) is 20.3 Å². The van der Waals surface area contributed by atoms with Crippen molar-refractivity contribution in [2.75, 3.05) is 0 Å². The van der Waals surface area contributed by atoms with E-state index in [1.54, 1.807) is 6.08 Å². The summed E-state index contributed by atoms with van der Waals surface area (Å²) in [5, 5.41) is 0. The molecule has 0 saturated carbocycles. The van der Waals surface area contributed by atoms with Gasteiger partial charge in [0.15, 0.2) is 0 Å². The van der Waals surface area contributed by atoms with Gasteiger partial charge in [0.2, 0.25) is 5.91 Å². The average molecular weight is 126 g/mol. The quantitative estimate of drug-likeness (QED) is 0.560. The van der Waals surface area contributed by atoms with Crippen molar-refractivity contribution in [2.45, 2.75) is 20.3 Å². The van der Waals surface area contributed by atoms with E-state index in [1.165, 1.54) is 0 Å². The number of hydrogen-bond acceptors (Lipinski definition) is 1. The van der Waals surface area contributed by atoms with Crippen LogP contribution in [0.5, 0.6) is 0 Å². The van der Waals surface area contributed by atoms with E-state index in [0.717, 1.165) is 6.42 Å². The molecular formula is C7H12NO. The van der Waals surface area contributed by atoms with E-state index in [9.17, 15) is 4.79 Å². The van der Waals surface area contributed by atoms with Gasteiger partial charge in [-0.05, 0) is 5.92 Å². The predicted octanol–water partition coefficient (Wildman–Crippen LogP) is 0.877. The van der Waals surface area contributed by atoms with Crippen LogP contribution in [0.3, 0.4) is 0 Å². The van der Waals surface area contributed by atoms with Crippen molar-refractivity contribution in [1.29, 1.82) is 0 Å². The van der Waals surface area contributed by atoms with Gasteiger partial charge in [-0.25, -0.2) is 0 Å². The van der Waals surface area contributed by atoms with Crippen LogP contribution in [0.2, 0.25) is 0 Å². The summed E-state index contributed by atoms with van der Waals surface area (Å²) in [5.41, 5.74) is 4.81. The lowest BCUT2D eigenvalue weighted by molar-refractivity contribution is -0.114. The molecule has 0 aliphatic heterocycles. The first-order valence-electron chi connectivity index (χ1n) is 3.06. The first-order valence-corrected chi connectivity index (χ1v) is 3.06. The van der Waals surface area contributed by atoms with Crippen LogP contribution in [0, 0.1) is 12.0 Å². The van der Waals surface area contributed by atoms with Gasteiger partial charge in [0.1, 0.15) is 0 Å². The van der Waals surface area contributed by atoms with Crippen LogP contribution in [0.25, 0.3) is 0 Å². The predicted molar refractivity (Wildman–Crippen MR) is 36.5 cm³/mol. The standard InChI is InChI=1S/C7H12NO/c1-3-6(2)4-5-7(8)9/h4,6H,3H2,1-2H3,(H2,8,9). The molecular weight excluding hydrogens is 114 g/mol. The second kappa shape index (κ2) is 4.13. The molecule has 0 saturated heterocycles. The smallest absolute Gasteiger partial charge is 0.249 e. The van der Waals surface area contributed by atoms with Crippen LogP contribution < -0.4 is 5.73 Å². The van der Waals surface area contributed by atoms with Crippen molar-refractivity contribution in [3.63, 3.8) is 0 Å². The SMILES string of the molecule is CCC(C)/C=[C]/C(N)=O. The second-order valence-electron chi connectivity index (χ2n) is 2.06. The zero-order valence-corrected chi connectivity index (χ0v) is 5.85. The number of nitrogens with two attached hydrogens (primary N) is 1. The highest BCUT2D eigenvalue weighted by Crippen LogP contribution is 2.00. The van der Waals surface area contributed by atoms with Crippen molar-refractivity contribution in [3.8, 4) is 0 Å². The van der Waals surface area contributed by atoms with E-state index in [-0.39, 0.29) is 0 Å². The number of hydrogen-bond donors (Lipinski definition) is 1. The lowest BCUT2D eigenvalue weighted by atomic mass is 10.1. The Hall–Kier alpha value is -0.790. The molecule has 0 aliphatic rings. The summed E-state index contributed by atoms with van der Waals surface area (Å²) in [4.78, 5) is 10.1. The molecule has 2 N–H and O–H groups in total. The fraction of sp³-hybridized carbons (Fsp3) is 0.571. The summed E-state index contributed by atoms with van der Waals surface area (Å²) in [7, 11) is 0. The number of rotatable bonds is 3. The number of primary amides is 1. The van der Waals surface area contributed by atoms with Gasteiger partial charge < -0.3 is 5.73 Å². The largest absolute Gasteiger partial charge is 0.366 e. The Morgan fingerprint density at radius 3 is 2.78 bits per heavy atom. The van der Waals surface area contributed by atoms with E-state index in [1.807, 2.05) is 13.8 Å². The van der Waals surface area contributed by atoms with Gasteiger partial charge in [0.05, 0.1) is 0 Å². The number of allylic oxidation sites excluding steroid dienone is 1. The van der Waals surface area contributed by atoms with Gasteiger partial charge >= 0.3 is 0 Å². The van der Waals surface area contributed by atoms with E-state index in [0.29, 0.717) is 5.92 Å². The highest BCUT2D eigenvalue weighted by atomic mass is 16.1. The number of amides is 1. The molecule has 2 nitrogen and oxygen atoms in total. The molecule has 0 spiro atoms. The van der Waals surface area contributed by atoms with E-state index >= 15 is 0 Å². The van der Waals surface area contributed by atoms with Crippen molar-refractivity contribution >= 4 is 5.91 Å². The van der Waals surface area contributed by atoms with E-state index in [4.69, 9.17) is 5.73 Å². The van der Waals surface area contributed by atoms with E-state index < -0.39 is 5.91 Å². The molecule has 0 fully saturated rings. The summed E-state index contributed by atoms with van der Waals surface area (Å²) in [6.45, 7) is 4.06. The second-order valence-corrected chi connectivity index (χ2v) is 2.06. The average Bonchev–Trinajstić information content (AvgIpc) is 1.83. The third-order valence-electron chi connectivity index (χ3n) is 1.15. The van der Waals surface area contributed by atoms with Gasteiger partial charge in [-0.3, -0.25) is 4.79 Å². The van der Waals surface area contributed by atoms with Gasteiger partial charge in [-0.15, -0.1) is 0 Å². The molecule has 1 atom stereocenters. The maximum atomic E-state index is 10.1. The highest BCUT2D eigenvalue weighted by molar-refractivity contribution is 5.81. The summed E-state index contributed by atoms with van der Waals surface area (Å²) >= 11 is 0. The summed E-state index contributed by atoms with van der Waals surface area (Å²) in [6, 6.07) is 0. The zero-order valence-electron chi connectivity index (χ0n) is 5.85. The maximum Gasteiger partial charge on any atom is 0.249 e. The Kier molecular flexibility index (Phi) is 3.76. The van der Waals surface area contributed by atoms with Crippen LogP contribution in [-0.2, 0) is 4.79 Å². The fourth-order valence-electron chi connectivity index (χ4n) is 0.342. The van der Waals surface area contributed by atoms with Gasteiger partial charge in [-0.1, -0.05) is 26.3 Å². The summed E-state index contributed by atoms with van der Waals surface area (Å²) in [6.07, 6.45) is 5.12. The Balaban J connectivity index is 3.56. The summed E-state index contributed by atoms with van der Waals surface area (Å²) < 4.78 is 0. The molecule has 0 bridgehead atoms. The monoisotopic (exact) mass is 126 g/mol. The minimum atomic E-state index is -0.490. The molecule has 51 valence electrons. The first-order chi connectivity index (χ1) is 4.16. The Morgan fingerprint density at radius 2 is 2.44 bits per heavy atom. The van der Waals surface area contributed by atoms with Gasteiger partial charge in [0, 0.05) is 6.08 Å². The van der Waals surface area contributed by atoms with Crippen molar-refractivity contribution in [1.82, 2.24) is 0 Å². The van der Waals surface area contributed by atoms with Crippen molar-refractivity contribution in [2.24, 2.45) is 11.7 Å². The molecule has 1 amide bonds. The highest BCUT2D eigenvalue weighted by Gasteiger charge is 1.91. The molecule has 0 aromatic rings. The third kappa shape index (κ3) is 5.07. The van der Waals surface area contributed by atoms with Crippen molar-refractivity contribution in [3.05, 3.63) is 12.2 Å². The zero-order chi connectivity index (χ0) is 7.28. The minimum Gasteiger partial charge on any atom is -0.366 e. The van der Waals surface area contributed by atoms with Crippen molar-refractivity contribution < 1.29 is 4.79 Å². The number of carbonyl (C=O) groups excluding carboxylic acids is 1. The maximum absolute atomic E-state index is 10.1. The summed E-state index contributed by atoms with van der Waals surface area (Å²) in [5.74, 6) is -0.0900. The van der Waals surface area contributed by atoms with Gasteiger partial charge in [-0.2, -0.15) is 0 Å². The molecule has 0 heterocycles. The molecule has 0 aliphatic carbocycles. The Bertz CT molecular complexity index is 118. The molecule has 0 rings (SSSR count). The first kappa shape index (κ1) is 8.21. The number of carbonyl (C=O) groups is 1. The molecule has 0 aromatic heterocycles.